The van der Waals surface area contributed by atoms with Crippen LogP contribution in [0.15, 0.2) is 0 Å². The largest absolute Gasteiger partial charge is 0.382 e. The van der Waals surface area contributed by atoms with Gasteiger partial charge in [-0.05, 0) is 0 Å². The molecule has 0 aliphatic heterocycles. The van der Waals surface area contributed by atoms with Crippen LogP contribution in [0.1, 0.15) is 20.8 Å². The lowest BCUT2D eigenvalue weighted by atomic mass is 9.96. The molecule has 0 heterocycles. The zero-order chi connectivity index (χ0) is 11.0. The number of methoxy groups -OCH3 is 1. The molecule has 1 N–H and O–H groups in total. The second kappa shape index (κ2) is 6.79. The summed E-state index contributed by atoms with van der Waals surface area (Å²) < 4.78 is 10.0. The lowest BCUT2D eigenvalue weighted by Crippen LogP contribution is -2.36. The Hall–Kier alpha value is -0.610. The Bertz CT molecular complexity index is 163. The lowest BCUT2D eigenvalue weighted by molar-refractivity contribution is -0.128. The molecule has 0 fully saturated rings. The molecule has 0 aliphatic rings. The highest BCUT2D eigenvalue weighted by Gasteiger charge is 2.19. The van der Waals surface area contributed by atoms with E-state index in [0.29, 0.717) is 26.4 Å². The molecule has 0 rings (SSSR count). The minimum atomic E-state index is -0.327. The smallest absolute Gasteiger partial charge is 0.225 e. The standard InChI is InChI=1S/C10H21NO3/c1-10(2,3)9(12)11-5-6-14-8-7-13-4/h5-8H2,1-4H3,(H,11,12). The summed E-state index contributed by atoms with van der Waals surface area (Å²) in [6.07, 6.45) is 0. The third kappa shape index (κ3) is 6.86. The van der Waals surface area contributed by atoms with Gasteiger partial charge in [-0.25, -0.2) is 0 Å². The van der Waals surface area contributed by atoms with Gasteiger partial charge in [-0.15, -0.1) is 0 Å². The summed E-state index contributed by atoms with van der Waals surface area (Å²) in [6.45, 7) is 7.90. The van der Waals surface area contributed by atoms with E-state index in [1.165, 1.54) is 0 Å². The van der Waals surface area contributed by atoms with Gasteiger partial charge in [0.2, 0.25) is 5.91 Å². The highest BCUT2D eigenvalue weighted by atomic mass is 16.5. The summed E-state index contributed by atoms with van der Waals surface area (Å²) in [6, 6.07) is 0. The van der Waals surface area contributed by atoms with Crippen molar-refractivity contribution < 1.29 is 14.3 Å². The number of carbonyl (C=O) groups is 1. The number of nitrogens with one attached hydrogen (secondary N) is 1. The Morgan fingerprint density at radius 1 is 1.21 bits per heavy atom. The molecule has 0 saturated carbocycles. The molecule has 0 radical (unpaired) electrons. The molecule has 0 saturated heterocycles. The Labute approximate surface area is 86.0 Å². The Morgan fingerprint density at radius 3 is 2.36 bits per heavy atom. The summed E-state index contributed by atoms with van der Waals surface area (Å²) in [7, 11) is 1.63. The number of hydrogen-bond donors (Lipinski definition) is 1. The summed E-state index contributed by atoms with van der Waals surface area (Å²) in [4.78, 5) is 11.4. The van der Waals surface area contributed by atoms with Crippen molar-refractivity contribution in [3.63, 3.8) is 0 Å². The Morgan fingerprint density at radius 2 is 1.86 bits per heavy atom. The van der Waals surface area contributed by atoms with E-state index in [9.17, 15) is 4.79 Å². The van der Waals surface area contributed by atoms with Gasteiger partial charge in [0.15, 0.2) is 0 Å². The highest BCUT2D eigenvalue weighted by Crippen LogP contribution is 2.11. The molecule has 0 spiro atoms. The second-order valence-corrected chi connectivity index (χ2v) is 4.11. The van der Waals surface area contributed by atoms with E-state index in [-0.39, 0.29) is 11.3 Å². The van der Waals surface area contributed by atoms with Crippen LogP contribution in [-0.4, -0.2) is 39.4 Å². The first kappa shape index (κ1) is 13.4. The number of amides is 1. The SMILES string of the molecule is COCCOCCNC(=O)C(C)(C)C. The van der Waals surface area contributed by atoms with E-state index in [0.717, 1.165) is 0 Å². The molecule has 0 unspecified atom stereocenters. The van der Waals surface area contributed by atoms with Crippen LogP contribution in [-0.2, 0) is 14.3 Å². The number of hydrogen-bond acceptors (Lipinski definition) is 3. The summed E-state index contributed by atoms with van der Waals surface area (Å²) in [5.41, 5.74) is -0.327. The molecule has 0 bridgehead atoms. The molecule has 0 aromatic carbocycles. The molecule has 0 aromatic heterocycles. The van der Waals surface area contributed by atoms with E-state index >= 15 is 0 Å². The van der Waals surface area contributed by atoms with E-state index in [4.69, 9.17) is 9.47 Å². The minimum absolute atomic E-state index is 0.0489. The first-order valence-corrected chi connectivity index (χ1v) is 4.83. The quantitative estimate of drug-likeness (QED) is 0.650. The van der Waals surface area contributed by atoms with Gasteiger partial charge in [-0.1, -0.05) is 20.8 Å². The fraction of sp³-hybridized carbons (Fsp3) is 0.900. The molecule has 84 valence electrons. The molecule has 14 heavy (non-hydrogen) atoms. The van der Waals surface area contributed by atoms with Crippen molar-refractivity contribution in [2.24, 2.45) is 5.41 Å². The van der Waals surface area contributed by atoms with E-state index in [1.807, 2.05) is 20.8 Å². The van der Waals surface area contributed by atoms with Crippen LogP contribution in [0.25, 0.3) is 0 Å². The van der Waals surface area contributed by atoms with Gasteiger partial charge in [0.05, 0.1) is 19.8 Å². The van der Waals surface area contributed by atoms with Crippen LogP contribution in [0.4, 0.5) is 0 Å². The predicted octanol–water partition coefficient (Wildman–Crippen LogP) is 0.812. The maximum absolute atomic E-state index is 11.4. The first-order valence-electron chi connectivity index (χ1n) is 4.83. The summed E-state index contributed by atoms with van der Waals surface area (Å²) in [5, 5.41) is 2.79. The average Bonchev–Trinajstić information content (AvgIpc) is 2.09. The van der Waals surface area contributed by atoms with Crippen molar-refractivity contribution >= 4 is 5.91 Å². The van der Waals surface area contributed by atoms with Crippen LogP contribution in [0, 0.1) is 5.41 Å². The van der Waals surface area contributed by atoms with Gasteiger partial charge >= 0.3 is 0 Å². The third-order valence-electron chi connectivity index (χ3n) is 1.64. The van der Waals surface area contributed by atoms with Gasteiger partial charge in [0.1, 0.15) is 0 Å². The molecular weight excluding hydrogens is 182 g/mol. The van der Waals surface area contributed by atoms with Crippen LogP contribution in [0.5, 0.6) is 0 Å². The van der Waals surface area contributed by atoms with Crippen LogP contribution >= 0.6 is 0 Å². The fourth-order valence-corrected chi connectivity index (χ4v) is 0.746. The highest BCUT2D eigenvalue weighted by molar-refractivity contribution is 5.81. The van der Waals surface area contributed by atoms with Gasteiger partial charge in [0.25, 0.3) is 0 Å². The summed E-state index contributed by atoms with van der Waals surface area (Å²) in [5.74, 6) is 0.0489. The van der Waals surface area contributed by atoms with Crippen molar-refractivity contribution in [3.8, 4) is 0 Å². The predicted molar refractivity (Wildman–Crippen MR) is 55.2 cm³/mol. The average molecular weight is 203 g/mol. The van der Waals surface area contributed by atoms with E-state index in [2.05, 4.69) is 5.32 Å². The Balaban J connectivity index is 3.33. The van der Waals surface area contributed by atoms with Crippen molar-refractivity contribution in [2.45, 2.75) is 20.8 Å². The Kier molecular flexibility index (Phi) is 6.49. The van der Waals surface area contributed by atoms with Crippen molar-refractivity contribution in [1.82, 2.24) is 5.32 Å². The first-order chi connectivity index (χ1) is 6.48. The molecule has 4 heteroatoms. The molecule has 4 nitrogen and oxygen atoms in total. The van der Waals surface area contributed by atoms with E-state index < -0.39 is 0 Å². The fourth-order valence-electron chi connectivity index (χ4n) is 0.746. The monoisotopic (exact) mass is 203 g/mol. The van der Waals surface area contributed by atoms with Crippen molar-refractivity contribution in [1.29, 1.82) is 0 Å². The third-order valence-corrected chi connectivity index (χ3v) is 1.64. The zero-order valence-electron chi connectivity index (χ0n) is 9.55. The van der Waals surface area contributed by atoms with Crippen LogP contribution in [0.2, 0.25) is 0 Å². The maximum atomic E-state index is 11.4. The van der Waals surface area contributed by atoms with Gasteiger partial charge in [-0.3, -0.25) is 4.79 Å². The molecule has 0 aliphatic carbocycles. The molecule has 1 amide bonds. The zero-order valence-corrected chi connectivity index (χ0v) is 9.55. The maximum Gasteiger partial charge on any atom is 0.225 e. The number of rotatable bonds is 6. The number of carbonyl (C=O) groups excluding carboxylic acids is 1. The normalized spacial score (nSPS) is 11.4. The second-order valence-electron chi connectivity index (χ2n) is 4.11. The van der Waals surface area contributed by atoms with Gasteiger partial charge in [-0.2, -0.15) is 0 Å². The molecule has 0 aromatic rings. The van der Waals surface area contributed by atoms with Crippen LogP contribution < -0.4 is 5.32 Å². The van der Waals surface area contributed by atoms with Crippen molar-refractivity contribution in [3.05, 3.63) is 0 Å². The van der Waals surface area contributed by atoms with Gasteiger partial charge in [0, 0.05) is 19.1 Å². The summed E-state index contributed by atoms with van der Waals surface area (Å²) >= 11 is 0. The topological polar surface area (TPSA) is 47.6 Å². The van der Waals surface area contributed by atoms with Gasteiger partial charge < -0.3 is 14.8 Å². The molecule has 0 atom stereocenters. The van der Waals surface area contributed by atoms with Crippen LogP contribution in [0.3, 0.4) is 0 Å². The van der Waals surface area contributed by atoms with Crippen molar-refractivity contribution in [2.75, 3.05) is 33.5 Å². The molecular formula is C10H21NO3. The lowest BCUT2D eigenvalue weighted by Gasteiger charge is -2.17. The number of ether oxygens (including phenoxy) is 2. The minimum Gasteiger partial charge on any atom is -0.382 e. The van der Waals surface area contributed by atoms with E-state index in [1.54, 1.807) is 7.11 Å².